The number of halogens is 1. The Morgan fingerprint density at radius 3 is 2.83 bits per heavy atom. The van der Waals surface area contributed by atoms with E-state index in [4.69, 9.17) is 0 Å². The molecule has 1 aliphatic heterocycles. The fraction of sp³-hybridized carbons (Fsp3) is 0.600. The van der Waals surface area contributed by atoms with Gasteiger partial charge >= 0.3 is 0 Å². The molecule has 2 nitrogen and oxygen atoms in total. The minimum absolute atomic E-state index is 0.0296. The summed E-state index contributed by atoms with van der Waals surface area (Å²) < 4.78 is 14.1. The Morgan fingerprint density at radius 1 is 1.44 bits per heavy atom. The van der Waals surface area contributed by atoms with E-state index < -0.39 is 0 Å². The van der Waals surface area contributed by atoms with E-state index in [9.17, 15) is 4.39 Å². The van der Waals surface area contributed by atoms with E-state index in [1.54, 1.807) is 6.07 Å². The van der Waals surface area contributed by atoms with Gasteiger partial charge < -0.3 is 10.2 Å². The lowest BCUT2D eigenvalue weighted by Crippen LogP contribution is -2.61. The fourth-order valence-electron chi connectivity index (χ4n) is 2.60. The number of hydrogen-bond donors (Lipinski definition) is 1. The number of nitrogens with one attached hydrogen (secondary N) is 1. The Hall–Kier alpha value is -1.09. The van der Waals surface area contributed by atoms with Gasteiger partial charge in [0.15, 0.2) is 0 Å². The summed E-state index contributed by atoms with van der Waals surface area (Å²) >= 11 is 0. The van der Waals surface area contributed by atoms with E-state index in [1.165, 1.54) is 0 Å². The summed E-state index contributed by atoms with van der Waals surface area (Å²) in [6.45, 7) is 10.3. The maximum Gasteiger partial charge on any atom is 0.146 e. The van der Waals surface area contributed by atoms with E-state index >= 15 is 0 Å². The zero-order chi connectivity index (χ0) is 13.3. The van der Waals surface area contributed by atoms with Crippen LogP contribution < -0.4 is 10.2 Å². The van der Waals surface area contributed by atoms with Crippen LogP contribution >= 0.6 is 0 Å². The summed E-state index contributed by atoms with van der Waals surface area (Å²) in [4.78, 5) is 2.22. The van der Waals surface area contributed by atoms with Crippen LogP contribution in [-0.2, 0) is 0 Å². The van der Waals surface area contributed by atoms with Crippen molar-refractivity contribution in [1.29, 1.82) is 0 Å². The first-order valence-corrected chi connectivity index (χ1v) is 6.71. The first-order valence-electron chi connectivity index (χ1n) is 6.71. The summed E-state index contributed by atoms with van der Waals surface area (Å²) in [5.74, 6) is -0.114. The van der Waals surface area contributed by atoms with Crippen molar-refractivity contribution < 1.29 is 4.39 Å². The summed E-state index contributed by atoms with van der Waals surface area (Å²) in [6.07, 6.45) is 1.02. The van der Waals surface area contributed by atoms with Crippen molar-refractivity contribution in [3.8, 4) is 0 Å². The van der Waals surface area contributed by atoms with Gasteiger partial charge in [0.1, 0.15) is 5.82 Å². The first kappa shape index (κ1) is 13.3. The van der Waals surface area contributed by atoms with Gasteiger partial charge in [-0.15, -0.1) is 0 Å². The maximum absolute atomic E-state index is 14.1. The van der Waals surface area contributed by atoms with Crippen LogP contribution in [0.25, 0.3) is 0 Å². The van der Waals surface area contributed by atoms with Crippen molar-refractivity contribution in [1.82, 2.24) is 5.32 Å². The largest absolute Gasteiger partial charge is 0.363 e. The zero-order valence-electron chi connectivity index (χ0n) is 11.8. The van der Waals surface area contributed by atoms with Crippen LogP contribution in [0.2, 0.25) is 0 Å². The average molecular weight is 250 g/mol. The molecule has 1 N–H and O–H groups in total. The third-order valence-electron chi connectivity index (χ3n) is 3.70. The molecule has 0 radical (unpaired) electrons. The summed E-state index contributed by atoms with van der Waals surface area (Å²) in [6, 6.07) is 5.73. The smallest absolute Gasteiger partial charge is 0.146 e. The summed E-state index contributed by atoms with van der Waals surface area (Å²) in [5, 5.41) is 3.53. The molecule has 1 atom stereocenters. The minimum atomic E-state index is -0.114. The average Bonchev–Trinajstić information content (AvgIpc) is 2.31. The third-order valence-corrected chi connectivity index (χ3v) is 3.70. The summed E-state index contributed by atoms with van der Waals surface area (Å²) in [7, 11) is 0. The molecule has 1 unspecified atom stereocenters. The molecule has 0 aliphatic carbocycles. The highest BCUT2D eigenvalue weighted by molar-refractivity contribution is 5.52. The molecule has 0 amide bonds. The van der Waals surface area contributed by atoms with Gasteiger partial charge in [0.05, 0.1) is 5.69 Å². The Morgan fingerprint density at radius 2 is 2.17 bits per heavy atom. The van der Waals surface area contributed by atoms with Crippen LogP contribution in [0, 0.1) is 12.7 Å². The Bertz CT molecular complexity index is 429. The molecule has 0 saturated carbocycles. The molecule has 18 heavy (non-hydrogen) atoms. The molecule has 0 bridgehead atoms. The predicted molar refractivity (Wildman–Crippen MR) is 74.6 cm³/mol. The standard InChI is InChI=1S/C15H23FN2/c1-5-12-9-17-15(3,4)10-18(12)14-8-11(2)6-7-13(14)16/h6-8,12,17H,5,9-10H2,1-4H3. The molecular weight excluding hydrogens is 227 g/mol. The van der Waals surface area contributed by atoms with Gasteiger partial charge in [-0.2, -0.15) is 0 Å². The quantitative estimate of drug-likeness (QED) is 0.867. The highest BCUT2D eigenvalue weighted by atomic mass is 19.1. The van der Waals surface area contributed by atoms with Crippen LogP contribution in [-0.4, -0.2) is 24.7 Å². The molecule has 0 spiro atoms. The Kier molecular flexibility index (Phi) is 3.62. The molecule has 0 aromatic heterocycles. The molecule has 3 heteroatoms. The molecular formula is C15H23FN2. The van der Waals surface area contributed by atoms with Crippen molar-refractivity contribution in [3.63, 3.8) is 0 Å². The van der Waals surface area contributed by atoms with E-state index in [-0.39, 0.29) is 11.4 Å². The van der Waals surface area contributed by atoms with Crippen molar-refractivity contribution in [2.75, 3.05) is 18.0 Å². The van der Waals surface area contributed by atoms with Crippen LogP contribution in [0.15, 0.2) is 18.2 Å². The van der Waals surface area contributed by atoms with Crippen molar-refractivity contribution in [2.45, 2.75) is 45.7 Å². The fourth-order valence-corrected chi connectivity index (χ4v) is 2.60. The van der Waals surface area contributed by atoms with E-state index in [2.05, 4.69) is 31.0 Å². The minimum Gasteiger partial charge on any atom is -0.363 e. The third kappa shape index (κ3) is 2.66. The van der Waals surface area contributed by atoms with Gasteiger partial charge in [0.2, 0.25) is 0 Å². The summed E-state index contributed by atoms with van der Waals surface area (Å²) in [5.41, 5.74) is 1.89. The van der Waals surface area contributed by atoms with Gasteiger partial charge in [0, 0.05) is 24.7 Å². The second-order valence-electron chi connectivity index (χ2n) is 5.91. The van der Waals surface area contributed by atoms with E-state index in [1.807, 2.05) is 19.1 Å². The molecule has 2 rings (SSSR count). The topological polar surface area (TPSA) is 15.3 Å². The van der Waals surface area contributed by atoms with Crippen molar-refractivity contribution in [2.24, 2.45) is 0 Å². The van der Waals surface area contributed by atoms with Crippen LogP contribution in [0.3, 0.4) is 0 Å². The molecule has 1 aromatic rings. The predicted octanol–water partition coefficient (Wildman–Crippen LogP) is 3.10. The molecule has 1 fully saturated rings. The van der Waals surface area contributed by atoms with Gasteiger partial charge in [-0.1, -0.05) is 13.0 Å². The Balaban J connectivity index is 2.35. The van der Waals surface area contributed by atoms with E-state index in [0.29, 0.717) is 6.04 Å². The highest BCUT2D eigenvalue weighted by Gasteiger charge is 2.32. The van der Waals surface area contributed by atoms with Gasteiger partial charge in [-0.25, -0.2) is 4.39 Å². The van der Waals surface area contributed by atoms with Gasteiger partial charge in [-0.05, 0) is 44.9 Å². The van der Waals surface area contributed by atoms with Crippen LogP contribution in [0.4, 0.5) is 10.1 Å². The lowest BCUT2D eigenvalue weighted by atomic mass is 9.96. The number of hydrogen-bond acceptors (Lipinski definition) is 2. The van der Waals surface area contributed by atoms with Gasteiger partial charge in [-0.3, -0.25) is 0 Å². The van der Waals surface area contributed by atoms with Crippen LogP contribution in [0.1, 0.15) is 32.8 Å². The van der Waals surface area contributed by atoms with E-state index in [0.717, 1.165) is 30.8 Å². The second kappa shape index (κ2) is 4.88. The van der Waals surface area contributed by atoms with Crippen molar-refractivity contribution in [3.05, 3.63) is 29.6 Å². The lowest BCUT2D eigenvalue weighted by molar-refractivity contribution is 0.304. The second-order valence-corrected chi connectivity index (χ2v) is 5.91. The number of anilines is 1. The van der Waals surface area contributed by atoms with Gasteiger partial charge in [0.25, 0.3) is 0 Å². The first-order chi connectivity index (χ1) is 8.43. The van der Waals surface area contributed by atoms with Crippen LogP contribution in [0.5, 0.6) is 0 Å². The number of aryl methyl sites for hydroxylation is 1. The monoisotopic (exact) mass is 250 g/mol. The Labute approximate surface area is 109 Å². The molecule has 1 saturated heterocycles. The maximum atomic E-state index is 14.1. The number of nitrogens with zero attached hydrogens (tertiary/aromatic N) is 1. The normalized spacial score (nSPS) is 23.2. The highest BCUT2D eigenvalue weighted by Crippen LogP contribution is 2.28. The lowest BCUT2D eigenvalue weighted by Gasteiger charge is -2.46. The van der Waals surface area contributed by atoms with Crippen molar-refractivity contribution >= 4 is 5.69 Å². The zero-order valence-corrected chi connectivity index (χ0v) is 11.8. The SMILES string of the molecule is CCC1CNC(C)(C)CN1c1cc(C)ccc1F. The number of piperazine rings is 1. The molecule has 1 aliphatic rings. The number of benzene rings is 1. The number of rotatable bonds is 2. The molecule has 100 valence electrons. The molecule has 1 aromatic carbocycles. The molecule has 1 heterocycles.